The fourth-order valence-corrected chi connectivity index (χ4v) is 5.80. The van der Waals surface area contributed by atoms with E-state index < -0.39 is 60.3 Å². The summed E-state index contributed by atoms with van der Waals surface area (Å²) in [6.07, 6.45) is 0.466. The first-order valence-electron chi connectivity index (χ1n) is 17.3. The van der Waals surface area contributed by atoms with Gasteiger partial charge in [-0.25, -0.2) is 0 Å². The van der Waals surface area contributed by atoms with Crippen LogP contribution >= 0.6 is 0 Å². The van der Waals surface area contributed by atoms with Gasteiger partial charge in [0.25, 0.3) is 0 Å². The molecular formula is C36H50N6O8. The van der Waals surface area contributed by atoms with E-state index in [-0.39, 0.29) is 44.2 Å². The fourth-order valence-electron chi connectivity index (χ4n) is 5.80. The highest BCUT2D eigenvalue weighted by molar-refractivity contribution is 5.92. The molecule has 8 N–H and O–H groups in total. The van der Waals surface area contributed by atoms with E-state index in [1.54, 1.807) is 12.1 Å². The van der Waals surface area contributed by atoms with Crippen molar-refractivity contribution in [1.82, 2.24) is 26.6 Å². The summed E-state index contributed by atoms with van der Waals surface area (Å²) in [6.45, 7) is 4.81. The van der Waals surface area contributed by atoms with Crippen LogP contribution in [0.2, 0.25) is 0 Å². The fraction of sp³-hybridized carbons (Fsp3) is 0.528. The van der Waals surface area contributed by atoms with Crippen LogP contribution in [-0.4, -0.2) is 91.2 Å². The summed E-state index contributed by atoms with van der Waals surface area (Å²) in [7, 11) is 0. The van der Waals surface area contributed by atoms with Gasteiger partial charge in [0.05, 0.1) is 37.8 Å². The lowest BCUT2D eigenvalue weighted by molar-refractivity contribution is -0.132. The average Bonchev–Trinajstić information content (AvgIpc) is 3.10. The molecule has 0 radical (unpaired) electrons. The number of hydrogen-bond donors (Lipinski definition) is 7. The molecule has 0 fully saturated rings. The van der Waals surface area contributed by atoms with Crippen LogP contribution in [0.1, 0.15) is 57.1 Å². The van der Waals surface area contributed by atoms with Crippen molar-refractivity contribution < 1.29 is 38.6 Å². The molecule has 4 aliphatic heterocycles. The summed E-state index contributed by atoms with van der Waals surface area (Å²) < 4.78 is 11.5. The molecule has 272 valence electrons. The summed E-state index contributed by atoms with van der Waals surface area (Å²) in [5.41, 5.74) is 7.01. The lowest BCUT2D eigenvalue weighted by atomic mass is 9.96. The van der Waals surface area contributed by atoms with Crippen molar-refractivity contribution in [2.24, 2.45) is 11.7 Å². The first-order chi connectivity index (χ1) is 24.0. The lowest BCUT2D eigenvalue weighted by Gasteiger charge is -2.30. The molecule has 2 aromatic carbocycles. The third-order valence-electron chi connectivity index (χ3n) is 8.98. The SMILES string of the molecule is CCC(C)C1NC(=O)C(NCC(O)C2Cc3ccc(cc3)OCCCC(=O)NC(CC(N)=O)C(=O)N2)Cc2ccc(cc2)OCCCNC1=O. The third kappa shape index (κ3) is 11.7. The zero-order valence-electron chi connectivity index (χ0n) is 28.7. The second kappa shape index (κ2) is 18.9. The second-order valence-corrected chi connectivity index (χ2v) is 12.9. The Morgan fingerprint density at radius 3 is 2.12 bits per heavy atom. The number of amides is 5. The van der Waals surface area contributed by atoms with E-state index in [2.05, 4.69) is 26.6 Å². The zero-order valence-corrected chi connectivity index (χ0v) is 28.7. The summed E-state index contributed by atoms with van der Waals surface area (Å²) in [6, 6.07) is 10.8. The maximum atomic E-state index is 13.9. The van der Waals surface area contributed by atoms with Gasteiger partial charge in [-0.2, -0.15) is 0 Å². The quantitative estimate of drug-likeness (QED) is 0.202. The predicted molar refractivity (Wildman–Crippen MR) is 185 cm³/mol. The Morgan fingerprint density at radius 2 is 1.50 bits per heavy atom. The number of nitrogens with two attached hydrogens (primary N) is 1. The number of hydrogen-bond acceptors (Lipinski definition) is 9. The van der Waals surface area contributed by atoms with Crippen molar-refractivity contribution in [2.75, 3.05) is 26.3 Å². The van der Waals surface area contributed by atoms with Crippen molar-refractivity contribution in [1.29, 1.82) is 0 Å². The monoisotopic (exact) mass is 694 g/mol. The van der Waals surface area contributed by atoms with E-state index in [9.17, 15) is 29.1 Å². The van der Waals surface area contributed by atoms with Crippen LogP contribution in [0.25, 0.3) is 0 Å². The minimum atomic E-state index is -1.25. The molecule has 50 heavy (non-hydrogen) atoms. The maximum absolute atomic E-state index is 13.9. The molecule has 4 bridgehead atoms. The molecule has 2 aromatic rings. The van der Waals surface area contributed by atoms with Gasteiger partial charge < -0.3 is 46.9 Å². The molecular weight excluding hydrogens is 644 g/mol. The number of nitrogens with one attached hydrogen (secondary N) is 5. The second-order valence-electron chi connectivity index (χ2n) is 12.9. The first kappa shape index (κ1) is 38.1. The third-order valence-corrected chi connectivity index (χ3v) is 8.98. The molecule has 14 nitrogen and oxygen atoms in total. The van der Waals surface area contributed by atoms with E-state index >= 15 is 0 Å². The molecule has 6 atom stereocenters. The molecule has 0 aromatic heterocycles. The predicted octanol–water partition coefficient (Wildman–Crippen LogP) is 0.238. The van der Waals surface area contributed by atoms with Gasteiger partial charge in [-0.3, -0.25) is 24.0 Å². The number of rotatable bonds is 8. The van der Waals surface area contributed by atoms with E-state index in [1.165, 1.54) is 0 Å². The van der Waals surface area contributed by atoms with Gasteiger partial charge in [0, 0.05) is 19.5 Å². The number of primary amides is 1. The van der Waals surface area contributed by atoms with E-state index in [1.807, 2.05) is 50.2 Å². The van der Waals surface area contributed by atoms with Gasteiger partial charge in [0.15, 0.2) is 0 Å². The maximum Gasteiger partial charge on any atom is 0.243 e. The largest absolute Gasteiger partial charge is 0.494 e. The number of aliphatic hydroxyl groups excluding tert-OH is 1. The van der Waals surface area contributed by atoms with Crippen LogP contribution in [0.3, 0.4) is 0 Å². The summed E-state index contributed by atoms with van der Waals surface area (Å²) in [4.78, 5) is 64.9. The first-order valence-corrected chi connectivity index (χ1v) is 17.3. The van der Waals surface area contributed by atoms with Gasteiger partial charge in [0.2, 0.25) is 29.5 Å². The number of aliphatic hydroxyl groups is 1. The highest BCUT2D eigenvalue weighted by atomic mass is 16.5. The Hall–Kier alpha value is -4.69. The molecule has 4 heterocycles. The van der Waals surface area contributed by atoms with Gasteiger partial charge in [0.1, 0.15) is 23.6 Å². The smallest absolute Gasteiger partial charge is 0.243 e. The van der Waals surface area contributed by atoms with Crippen LogP contribution < -0.4 is 41.8 Å². The number of benzene rings is 2. The molecule has 0 saturated carbocycles. The van der Waals surface area contributed by atoms with Gasteiger partial charge >= 0.3 is 0 Å². The van der Waals surface area contributed by atoms with Crippen molar-refractivity contribution >= 4 is 29.5 Å². The summed E-state index contributed by atoms with van der Waals surface area (Å²) in [5, 5.41) is 26.0. The molecule has 0 spiro atoms. The van der Waals surface area contributed by atoms with Crippen molar-refractivity contribution in [2.45, 2.75) is 89.1 Å². The minimum absolute atomic E-state index is 0.0648. The number of carbonyl (C=O) groups excluding carboxylic acids is 5. The Morgan fingerprint density at radius 1 is 0.880 bits per heavy atom. The molecule has 5 amide bonds. The van der Waals surface area contributed by atoms with E-state index in [0.717, 1.165) is 11.1 Å². The Bertz CT molecular complexity index is 1450. The normalized spacial score (nSPS) is 23.9. The van der Waals surface area contributed by atoms with Gasteiger partial charge in [-0.05, 0) is 67.0 Å². The van der Waals surface area contributed by atoms with Crippen LogP contribution in [0.5, 0.6) is 11.5 Å². The Balaban J connectivity index is 1.57. The molecule has 4 aliphatic rings. The highest BCUT2D eigenvalue weighted by Crippen LogP contribution is 2.18. The van der Waals surface area contributed by atoms with E-state index in [0.29, 0.717) is 43.9 Å². The van der Waals surface area contributed by atoms with Crippen molar-refractivity contribution in [3.8, 4) is 11.5 Å². The lowest BCUT2D eigenvalue weighted by Crippen LogP contribution is -2.58. The molecule has 6 unspecified atom stereocenters. The molecule has 14 heteroatoms. The van der Waals surface area contributed by atoms with Crippen LogP contribution in [0.4, 0.5) is 0 Å². The highest BCUT2D eigenvalue weighted by Gasteiger charge is 2.32. The standard InChI is InChI=1S/C36H50N6O8/c1-3-22(2)33-36(48)38-15-5-17-50-26-13-9-24(10-14-26)19-28(34(46)42-33)39-21-30(43)27-18-23-7-11-25(12-8-23)49-16-4-6-32(45)40-29(20-31(37)44)35(47)41-27/h7-14,22,27-30,33,39,43H,3-6,15-21H2,1-2H3,(H2,37,44)(H,38,48)(H,40,45)(H,41,47)(H,42,46). The number of ether oxygens (including phenoxy) is 2. The van der Waals surface area contributed by atoms with Crippen LogP contribution in [0, 0.1) is 5.92 Å². The van der Waals surface area contributed by atoms with Gasteiger partial charge in [-0.1, -0.05) is 44.5 Å². The average molecular weight is 695 g/mol. The van der Waals surface area contributed by atoms with Crippen molar-refractivity contribution in [3.63, 3.8) is 0 Å². The minimum Gasteiger partial charge on any atom is -0.494 e. The van der Waals surface area contributed by atoms with Crippen LogP contribution in [-0.2, 0) is 36.8 Å². The molecule has 0 saturated heterocycles. The summed E-state index contributed by atoms with van der Waals surface area (Å²) in [5.74, 6) is -1.48. The Kier molecular flexibility index (Phi) is 14.4. The molecule has 6 rings (SSSR count). The number of fused-ring (bicyclic) bond motifs is 24. The van der Waals surface area contributed by atoms with Crippen molar-refractivity contribution in [3.05, 3.63) is 59.7 Å². The van der Waals surface area contributed by atoms with E-state index in [4.69, 9.17) is 15.2 Å². The number of carbonyl (C=O) groups is 5. The van der Waals surface area contributed by atoms with Crippen LogP contribution in [0.15, 0.2) is 48.5 Å². The zero-order chi connectivity index (χ0) is 36.0. The topological polar surface area (TPSA) is 210 Å². The van der Waals surface area contributed by atoms with Gasteiger partial charge in [-0.15, -0.1) is 0 Å². The summed E-state index contributed by atoms with van der Waals surface area (Å²) >= 11 is 0. The Labute approximate surface area is 292 Å². The molecule has 0 aliphatic carbocycles.